The summed E-state index contributed by atoms with van der Waals surface area (Å²) in [5.74, 6) is 0.387. The molecule has 1 amide bonds. The molecule has 0 saturated carbocycles. The molecule has 2 aromatic carbocycles. The molecule has 1 unspecified atom stereocenters. The van der Waals surface area contributed by atoms with Crippen molar-refractivity contribution in [1.29, 1.82) is 0 Å². The molecule has 0 aliphatic heterocycles. The predicted octanol–water partition coefficient (Wildman–Crippen LogP) is 2.96. The number of ether oxygens (including phenoxy) is 1. The number of hydrogen-bond acceptors (Lipinski definition) is 4. The summed E-state index contributed by atoms with van der Waals surface area (Å²) in [5.41, 5.74) is 2.43. The Morgan fingerprint density at radius 3 is 2.08 bits per heavy atom. The van der Waals surface area contributed by atoms with E-state index in [1.807, 2.05) is 32.0 Å². The molecule has 0 aliphatic carbocycles. The van der Waals surface area contributed by atoms with E-state index in [0.717, 1.165) is 15.4 Å². The van der Waals surface area contributed by atoms with Crippen molar-refractivity contribution in [2.45, 2.75) is 31.8 Å². The number of nitrogens with zero attached hydrogens (tertiary/aromatic N) is 1. The van der Waals surface area contributed by atoms with Gasteiger partial charge in [-0.3, -0.25) is 4.79 Å². The smallest absolute Gasteiger partial charge is 0.265 e. The molecule has 0 fully saturated rings. The lowest BCUT2D eigenvalue weighted by molar-refractivity contribution is -0.122. The maximum atomic E-state index is 12.4. The minimum absolute atomic E-state index is 0.167. The fourth-order valence-electron chi connectivity index (χ4n) is 2.38. The lowest BCUT2D eigenvalue weighted by atomic mass is 10.1. The van der Waals surface area contributed by atoms with Crippen LogP contribution in [-0.4, -0.2) is 38.8 Å². The number of rotatable bonds is 6. The van der Waals surface area contributed by atoms with Crippen LogP contribution in [0.3, 0.4) is 0 Å². The molecular weight excluding hydrogens is 352 g/mol. The van der Waals surface area contributed by atoms with Crippen LogP contribution in [0.1, 0.15) is 18.1 Å². The van der Waals surface area contributed by atoms with Gasteiger partial charge in [0.1, 0.15) is 5.75 Å². The van der Waals surface area contributed by atoms with Gasteiger partial charge in [-0.05, 0) is 56.2 Å². The van der Waals surface area contributed by atoms with Gasteiger partial charge in [-0.2, -0.15) is 0 Å². The Balaban J connectivity index is 2.08. The monoisotopic (exact) mass is 376 g/mol. The topological polar surface area (TPSA) is 75.7 Å². The lowest BCUT2D eigenvalue weighted by Gasteiger charge is -2.18. The SMILES string of the molecule is Cc1cccc(C)c1OC(C)C(=O)Nc1ccc(S(=O)(=O)N(C)C)cc1. The second-order valence-corrected chi connectivity index (χ2v) is 8.43. The van der Waals surface area contributed by atoms with Crippen LogP contribution in [0.4, 0.5) is 5.69 Å². The molecule has 2 aromatic rings. The van der Waals surface area contributed by atoms with Gasteiger partial charge in [-0.1, -0.05) is 18.2 Å². The van der Waals surface area contributed by atoms with Gasteiger partial charge in [0.15, 0.2) is 6.10 Å². The number of sulfonamides is 1. The van der Waals surface area contributed by atoms with Gasteiger partial charge in [-0.15, -0.1) is 0 Å². The molecule has 1 N–H and O–H groups in total. The first-order valence-electron chi connectivity index (χ1n) is 8.19. The first kappa shape index (κ1) is 19.9. The fourth-order valence-corrected chi connectivity index (χ4v) is 3.28. The number of amides is 1. The summed E-state index contributed by atoms with van der Waals surface area (Å²) in [5, 5.41) is 2.74. The third kappa shape index (κ3) is 4.42. The summed E-state index contributed by atoms with van der Waals surface area (Å²) in [6.45, 7) is 5.53. The molecular formula is C19H24N2O4S. The Morgan fingerprint density at radius 2 is 1.58 bits per heavy atom. The summed E-state index contributed by atoms with van der Waals surface area (Å²) in [7, 11) is -0.553. The van der Waals surface area contributed by atoms with Crippen LogP contribution >= 0.6 is 0 Å². The summed E-state index contributed by atoms with van der Waals surface area (Å²) < 4.78 is 31.1. The first-order valence-corrected chi connectivity index (χ1v) is 9.63. The van der Waals surface area contributed by atoms with Crippen LogP contribution < -0.4 is 10.1 Å². The highest BCUT2D eigenvalue weighted by molar-refractivity contribution is 7.89. The number of para-hydroxylation sites is 1. The van der Waals surface area contributed by atoms with Gasteiger partial charge in [0, 0.05) is 19.8 Å². The van der Waals surface area contributed by atoms with Gasteiger partial charge in [0.25, 0.3) is 5.91 Å². The van der Waals surface area contributed by atoms with Gasteiger partial charge in [-0.25, -0.2) is 12.7 Å². The summed E-state index contributed by atoms with van der Waals surface area (Å²) >= 11 is 0. The Kier molecular flexibility index (Phi) is 6.05. The average molecular weight is 376 g/mol. The molecule has 6 nitrogen and oxygen atoms in total. The molecule has 7 heteroatoms. The van der Waals surface area contributed by atoms with Crippen molar-refractivity contribution in [3.8, 4) is 5.75 Å². The Bertz CT molecular complexity index is 870. The quantitative estimate of drug-likeness (QED) is 0.841. The van der Waals surface area contributed by atoms with Crippen molar-refractivity contribution in [2.75, 3.05) is 19.4 Å². The van der Waals surface area contributed by atoms with E-state index >= 15 is 0 Å². The lowest BCUT2D eigenvalue weighted by Crippen LogP contribution is -2.30. The van der Waals surface area contributed by atoms with Crippen LogP contribution in [0.25, 0.3) is 0 Å². The van der Waals surface area contributed by atoms with E-state index < -0.39 is 16.1 Å². The highest BCUT2D eigenvalue weighted by Crippen LogP contribution is 2.24. The Hall–Kier alpha value is -2.38. The summed E-state index contributed by atoms with van der Waals surface area (Å²) in [6.07, 6.45) is -0.694. The maximum absolute atomic E-state index is 12.4. The Morgan fingerprint density at radius 1 is 1.04 bits per heavy atom. The second-order valence-electron chi connectivity index (χ2n) is 6.28. The fraction of sp³-hybridized carbons (Fsp3) is 0.316. The van der Waals surface area contributed by atoms with Gasteiger partial charge in [0.05, 0.1) is 4.90 Å². The van der Waals surface area contributed by atoms with E-state index in [-0.39, 0.29) is 10.8 Å². The van der Waals surface area contributed by atoms with E-state index in [2.05, 4.69) is 5.32 Å². The van der Waals surface area contributed by atoms with Gasteiger partial charge in [0.2, 0.25) is 10.0 Å². The van der Waals surface area contributed by atoms with Gasteiger partial charge >= 0.3 is 0 Å². The van der Waals surface area contributed by atoms with Crippen molar-refractivity contribution < 1.29 is 17.9 Å². The average Bonchev–Trinajstić information content (AvgIpc) is 2.58. The van der Waals surface area contributed by atoms with Crippen molar-refractivity contribution in [2.24, 2.45) is 0 Å². The highest BCUT2D eigenvalue weighted by atomic mass is 32.2. The summed E-state index contributed by atoms with van der Waals surface area (Å²) in [6, 6.07) is 11.8. The molecule has 1 atom stereocenters. The zero-order valence-corrected chi connectivity index (χ0v) is 16.4. The zero-order valence-electron chi connectivity index (χ0n) is 15.6. The highest BCUT2D eigenvalue weighted by Gasteiger charge is 2.19. The molecule has 0 saturated heterocycles. The molecule has 0 bridgehead atoms. The van der Waals surface area contributed by atoms with Crippen LogP contribution in [-0.2, 0) is 14.8 Å². The second kappa shape index (κ2) is 7.88. The standard InChI is InChI=1S/C19H24N2O4S/c1-13-7-6-8-14(2)18(13)25-15(3)19(22)20-16-9-11-17(12-10-16)26(23,24)21(4)5/h6-12,15H,1-5H3,(H,20,22). The molecule has 0 radical (unpaired) electrons. The van der Waals surface area contributed by atoms with Crippen molar-refractivity contribution >= 4 is 21.6 Å². The van der Waals surface area contributed by atoms with Crippen LogP contribution in [0, 0.1) is 13.8 Å². The number of nitrogens with one attached hydrogen (secondary N) is 1. The number of hydrogen-bond donors (Lipinski definition) is 1. The minimum Gasteiger partial charge on any atom is -0.480 e. The molecule has 0 aromatic heterocycles. The number of aryl methyl sites for hydroxylation is 2. The molecule has 0 spiro atoms. The largest absolute Gasteiger partial charge is 0.480 e. The summed E-state index contributed by atoms with van der Waals surface area (Å²) in [4.78, 5) is 12.5. The molecule has 0 heterocycles. The number of anilines is 1. The Labute approximate surface area is 154 Å². The van der Waals surface area contributed by atoms with E-state index in [0.29, 0.717) is 11.4 Å². The normalized spacial score (nSPS) is 12.7. The van der Waals surface area contributed by atoms with E-state index in [1.54, 1.807) is 19.1 Å². The van der Waals surface area contributed by atoms with Crippen molar-refractivity contribution in [1.82, 2.24) is 4.31 Å². The third-order valence-corrected chi connectivity index (χ3v) is 5.80. The molecule has 140 valence electrons. The number of carbonyl (C=O) groups is 1. The predicted molar refractivity (Wildman–Crippen MR) is 102 cm³/mol. The van der Waals surface area contributed by atoms with Crippen molar-refractivity contribution in [3.63, 3.8) is 0 Å². The minimum atomic E-state index is -3.49. The molecule has 26 heavy (non-hydrogen) atoms. The first-order chi connectivity index (χ1) is 12.1. The van der Waals surface area contributed by atoms with E-state index in [4.69, 9.17) is 4.74 Å². The van der Waals surface area contributed by atoms with Gasteiger partial charge < -0.3 is 10.1 Å². The maximum Gasteiger partial charge on any atom is 0.265 e. The molecule has 0 aliphatic rings. The third-order valence-electron chi connectivity index (χ3n) is 3.97. The van der Waals surface area contributed by atoms with Crippen LogP contribution in [0.5, 0.6) is 5.75 Å². The van der Waals surface area contributed by atoms with Crippen molar-refractivity contribution in [3.05, 3.63) is 53.6 Å². The van der Waals surface area contributed by atoms with E-state index in [1.165, 1.54) is 26.2 Å². The van der Waals surface area contributed by atoms with E-state index in [9.17, 15) is 13.2 Å². The number of benzene rings is 2. The van der Waals surface area contributed by atoms with Crippen LogP contribution in [0.15, 0.2) is 47.4 Å². The number of carbonyl (C=O) groups excluding carboxylic acids is 1. The van der Waals surface area contributed by atoms with Crippen LogP contribution in [0.2, 0.25) is 0 Å². The molecule has 2 rings (SSSR count). The zero-order chi connectivity index (χ0) is 19.5.